The lowest BCUT2D eigenvalue weighted by atomic mass is 9.84. The van der Waals surface area contributed by atoms with E-state index in [1.165, 1.54) is 0 Å². The van der Waals surface area contributed by atoms with Crippen LogP contribution in [0.5, 0.6) is 0 Å². The summed E-state index contributed by atoms with van der Waals surface area (Å²) in [6, 6.07) is 0. The number of aliphatic carboxylic acids is 1. The van der Waals surface area contributed by atoms with Gasteiger partial charge in [0, 0.05) is 6.42 Å². The maximum Gasteiger partial charge on any atom is 0.303 e. The number of carboxylic acid groups (broad SMARTS) is 1. The van der Waals surface area contributed by atoms with E-state index in [0.717, 1.165) is 19.4 Å². The van der Waals surface area contributed by atoms with Crippen LogP contribution in [0.3, 0.4) is 0 Å². The first kappa shape index (κ1) is 12.4. The van der Waals surface area contributed by atoms with Crippen molar-refractivity contribution in [2.45, 2.75) is 33.1 Å². The molecular weight excluding hydrogens is 166 g/mol. The molecule has 1 N–H and O–H groups in total. The van der Waals surface area contributed by atoms with Gasteiger partial charge in [0.05, 0.1) is 0 Å². The van der Waals surface area contributed by atoms with Crippen LogP contribution in [0.15, 0.2) is 0 Å². The minimum atomic E-state index is -0.696. The molecule has 13 heavy (non-hydrogen) atoms. The van der Waals surface area contributed by atoms with Crippen LogP contribution in [0.25, 0.3) is 0 Å². The smallest absolute Gasteiger partial charge is 0.303 e. The zero-order valence-electron chi connectivity index (χ0n) is 9.13. The third-order valence-electron chi connectivity index (χ3n) is 2.25. The van der Waals surface area contributed by atoms with Crippen molar-refractivity contribution < 1.29 is 9.90 Å². The number of carbonyl (C=O) groups is 1. The van der Waals surface area contributed by atoms with Gasteiger partial charge in [-0.15, -0.1) is 0 Å². The van der Waals surface area contributed by atoms with E-state index in [1.807, 2.05) is 14.1 Å². The zero-order valence-corrected chi connectivity index (χ0v) is 9.13. The molecule has 78 valence electrons. The van der Waals surface area contributed by atoms with Gasteiger partial charge in [0.1, 0.15) is 0 Å². The average Bonchev–Trinajstić information content (AvgIpc) is 1.98. The molecule has 0 bridgehead atoms. The van der Waals surface area contributed by atoms with E-state index in [2.05, 4.69) is 18.7 Å². The Hall–Kier alpha value is -0.570. The fourth-order valence-corrected chi connectivity index (χ4v) is 1.10. The maximum absolute atomic E-state index is 10.4. The molecule has 0 aliphatic rings. The highest BCUT2D eigenvalue weighted by Crippen LogP contribution is 2.26. The highest BCUT2D eigenvalue weighted by Gasteiger charge is 2.18. The molecule has 0 radical (unpaired) electrons. The first-order valence-electron chi connectivity index (χ1n) is 4.70. The first-order chi connectivity index (χ1) is 5.83. The maximum atomic E-state index is 10.4. The molecule has 3 nitrogen and oxygen atoms in total. The van der Waals surface area contributed by atoms with Crippen molar-refractivity contribution in [1.82, 2.24) is 4.90 Å². The fourth-order valence-electron chi connectivity index (χ4n) is 1.10. The summed E-state index contributed by atoms with van der Waals surface area (Å²) in [5.41, 5.74) is 0.142. The highest BCUT2D eigenvalue weighted by molar-refractivity contribution is 5.66. The van der Waals surface area contributed by atoms with E-state index >= 15 is 0 Å². The Bertz CT molecular complexity index is 164. The molecule has 0 spiro atoms. The van der Waals surface area contributed by atoms with Crippen LogP contribution in [-0.4, -0.2) is 36.6 Å². The van der Waals surface area contributed by atoms with Crippen molar-refractivity contribution in [3.05, 3.63) is 0 Å². The summed E-state index contributed by atoms with van der Waals surface area (Å²) >= 11 is 0. The van der Waals surface area contributed by atoms with Gasteiger partial charge in [-0.25, -0.2) is 0 Å². The van der Waals surface area contributed by atoms with Gasteiger partial charge in [-0.05, 0) is 38.9 Å². The summed E-state index contributed by atoms with van der Waals surface area (Å²) < 4.78 is 0. The van der Waals surface area contributed by atoms with Crippen molar-refractivity contribution in [1.29, 1.82) is 0 Å². The summed E-state index contributed by atoms with van der Waals surface area (Å²) in [6.45, 7) is 5.27. The van der Waals surface area contributed by atoms with Gasteiger partial charge < -0.3 is 10.0 Å². The van der Waals surface area contributed by atoms with E-state index in [9.17, 15) is 4.79 Å². The van der Waals surface area contributed by atoms with Gasteiger partial charge in [0.2, 0.25) is 0 Å². The SMILES string of the molecule is CN(C)CCC(C)(C)CCC(=O)O. The molecule has 0 heterocycles. The Balaban J connectivity index is 3.72. The van der Waals surface area contributed by atoms with Crippen LogP contribution in [0, 0.1) is 5.41 Å². The third-order valence-corrected chi connectivity index (χ3v) is 2.25. The number of rotatable bonds is 6. The molecule has 0 aliphatic carbocycles. The van der Waals surface area contributed by atoms with Crippen molar-refractivity contribution in [2.24, 2.45) is 5.41 Å². The lowest BCUT2D eigenvalue weighted by Gasteiger charge is -2.25. The molecule has 0 fully saturated rings. The van der Waals surface area contributed by atoms with Crippen LogP contribution >= 0.6 is 0 Å². The zero-order chi connectivity index (χ0) is 10.5. The summed E-state index contributed by atoms with van der Waals surface area (Å²) in [4.78, 5) is 12.5. The summed E-state index contributed by atoms with van der Waals surface area (Å²) in [5, 5.41) is 8.54. The first-order valence-corrected chi connectivity index (χ1v) is 4.70. The largest absolute Gasteiger partial charge is 0.481 e. The van der Waals surface area contributed by atoms with Crippen molar-refractivity contribution in [3.63, 3.8) is 0 Å². The second-order valence-electron chi connectivity index (χ2n) is 4.61. The lowest BCUT2D eigenvalue weighted by molar-refractivity contribution is -0.137. The quantitative estimate of drug-likeness (QED) is 0.689. The molecule has 0 rings (SSSR count). The van der Waals surface area contributed by atoms with Gasteiger partial charge in [-0.1, -0.05) is 13.8 Å². The molecule has 0 aromatic carbocycles. The highest BCUT2D eigenvalue weighted by atomic mass is 16.4. The Morgan fingerprint density at radius 3 is 2.23 bits per heavy atom. The van der Waals surface area contributed by atoms with Gasteiger partial charge in [0.25, 0.3) is 0 Å². The minimum absolute atomic E-state index is 0.142. The van der Waals surface area contributed by atoms with Crippen LogP contribution in [0.2, 0.25) is 0 Å². The van der Waals surface area contributed by atoms with Gasteiger partial charge in [-0.3, -0.25) is 4.79 Å². The second-order valence-corrected chi connectivity index (χ2v) is 4.61. The Morgan fingerprint density at radius 1 is 1.31 bits per heavy atom. The van der Waals surface area contributed by atoms with Gasteiger partial charge >= 0.3 is 5.97 Å². The predicted molar refractivity (Wildman–Crippen MR) is 53.8 cm³/mol. The molecule has 0 saturated heterocycles. The summed E-state index contributed by atoms with van der Waals surface area (Å²) in [5.74, 6) is -0.696. The number of carboxylic acids is 1. The van der Waals surface area contributed by atoms with E-state index < -0.39 is 5.97 Å². The van der Waals surface area contributed by atoms with E-state index in [4.69, 9.17) is 5.11 Å². The minimum Gasteiger partial charge on any atom is -0.481 e. The second kappa shape index (κ2) is 5.22. The number of nitrogens with zero attached hydrogens (tertiary/aromatic N) is 1. The lowest BCUT2D eigenvalue weighted by Crippen LogP contribution is -2.22. The van der Waals surface area contributed by atoms with Gasteiger partial charge in [0.15, 0.2) is 0 Å². The Morgan fingerprint density at radius 2 is 1.85 bits per heavy atom. The molecule has 0 saturated carbocycles. The van der Waals surface area contributed by atoms with Crippen molar-refractivity contribution >= 4 is 5.97 Å². The number of hydrogen-bond acceptors (Lipinski definition) is 2. The van der Waals surface area contributed by atoms with Crippen molar-refractivity contribution in [2.75, 3.05) is 20.6 Å². The summed E-state index contributed by atoms with van der Waals surface area (Å²) in [7, 11) is 4.07. The molecule has 0 unspecified atom stereocenters. The molecule has 0 aliphatic heterocycles. The standard InChI is InChI=1S/C10H21NO2/c1-10(2,6-5-9(12)13)7-8-11(3)4/h5-8H2,1-4H3,(H,12,13). The van der Waals surface area contributed by atoms with Crippen LogP contribution in [0.1, 0.15) is 33.1 Å². The third kappa shape index (κ3) is 7.78. The van der Waals surface area contributed by atoms with Crippen LogP contribution in [0.4, 0.5) is 0 Å². The van der Waals surface area contributed by atoms with Crippen molar-refractivity contribution in [3.8, 4) is 0 Å². The molecule has 0 aromatic heterocycles. The molecular formula is C10H21NO2. The molecule has 0 atom stereocenters. The van der Waals surface area contributed by atoms with E-state index in [1.54, 1.807) is 0 Å². The fraction of sp³-hybridized carbons (Fsp3) is 0.900. The van der Waals surface area contributed by atoms with Crippen LogP contribution in [-0.2, 0) is 4.79 Å². The molecule has 0 aromatic rings. The predicted octanol–water partition coefficient (Wildman–Crippen LogP) is 1.83. The Labute approximate surface area is 80.7 Å². The summed E-state index contributed by atoms with van der Waals surface area (Å²) in [6.07, 6.45) is 2.09. The average molecular weight is 187 g/mol. The Kier molecular flexibility index (Phi) is 4.99. The molecule has 3 heteroatoms. The number of hydrogen-bond donors (Lipinski definition) is 1. The normalized spacial score (nSPS) is 12.1. The van der Waals surface area contributed by atoms with E-state index in [-0.39, 0.29) is 11.8 Å². The van der Waals surface area contributed by atoms with E-state index in [0.29, 0.717) is 0 Å². The monoisotopic (exact) mass is 187 g/mol. The van der Waals surface area contributed by atoms with Crippen LogP contribution < -0.4 is 0 Å². The molecule has 0 amide bonds. The van der Waals surface area contributed by atoms with Gasteiger partial charge in [-0.2, -0.15) is 0 Å². The topological polar surface area (TPSA) is 40.5 Å².